The maximum atomic E-state index is 13.2. The smallest absolute Gasteiger partial charge is 0.177 e. The Hall–Kier alpha value is -1.91. The fourth-order valence-electron chi connectivity index (χ4n) is 1.43. The van der Waals surface area contributed by atoms with Gasteiger partial charge in [-0.1, -0.05) is 11.5 Å². The molecule has 0 aliphatic carbocycles. The average Bonchev–Trinajstić information content (AvgIpc) is 2.37. The Balaban J connectivity index is 2.72. The number of ketones is 2. The zero-order chi connectivity index (χ0) is 14.6. The first-order valence-corrected chi connectivity index (χ1v) is 5.83. The summed E-state index contributed by atoms with van der Waals surface area (Å²) in [4.78, 5) is 23.0. The molecule has 3 nitrogen and oxygen atoms in total. The fraction of sp³-hybridized carbons (Fsp3) is 0.286. The molecule has 0 saturated carbocycles. The molecular weight excluding hydrogens is 244 g/mol. The minimum absolute atomic E-state index is 0.000187. The number of anilines is 1. The lowest BCUT2D eigenvalue weighted by molar-refractivity contribution is -0.116. The second kappa shape index (κ2) is 6.32. The number of halogens is 1. The van der Waals surface area contributed by atoms with Crippen molar-refractivity contribution in [3.8, 4) is 0 Å². The number of carbonyl (C=O) groups is 2. The summed E-state index contributed by atoms with van der Waals surface area (Å²) in [6.07, 6.45) is 0. The van der Waals surface area contributed by atoms with E-state index in [4.69, 9.17) is 7.85 Å². The van der Waals surface area contributed by atoms with Crippen LogP contribution in [0.1, 0.15) is 20.8 Å². The molecule has 98 valence electrons. The highest BCUT2D eigenvalue weighted by Crippen LogP contribution is 2.09. The molecule has 0 heterocycles. The Labute approximate surface area is 113 Å². The number of carbonyl (C=O) groups excluding carboxylic acids is 2. The van der Waals surface area contributed by atoms with Gasteiger partial charge in [0.25, 0.3) is 0 Å². The van der Waals surface area contributed by atoms with Crippen molar-refractivity contribution >= 4 is 30.6 Å². The van der Waals surface area contributed by atoms with E-state index in [1.54, 1.807) is 19.9 Å². The minimum Gasteiger partial charge on any atom is -0.378 e. The van der Waals surface area contributed by atoms with Gasteiger partial charge in [0.1, 0.15) is 13.7 Å². The molecule has 1 aromatic rings. The van der Waals surface area contributed by atoms with Crippen molar-refractivity contribution in [2.45, 2.75) is 20.8 Å². The minimum atomic E-state index is -0.537. The molecule has 0 amide bonds. The maximum Gasteiger partial charge on any atom is 0.177 e. The third kappa shape index (κ3) is 4.05. The van der Waals surface area contributed by atoms with Crippen molar-refractivity contribution in [2.24, 2.45) is 0 Å². The number of hydrogen-bond donors (Lipinski definition) is 1. The molecule has 5 heteroatoms. The summed E-state index contributed by atoms with van der Waals surface area (Å²) in [5.41, 5.74) is 1.37. The summed E-state index contributed by atoms with van der Waals surface area (Å²) in [7, 11) is 5.35. The van der Waals surface area contributed by atoms with Crippen molar-refractivity contribution in [1.82, 2.24) is 0 Å². The first-order chi connectivity index (χ1) is 8.82. The fourth-order valence-corrected chi connectivity index (χ4v) is 1.43. The van der Waals surface area contributed by atoms with Gasteiger partial charge in [0.15, 0.2) is 11.6 Å². The van der Waals surface area contributed by atoms with Crippen LogP contribution in [0.3, 0.4) is 0 Å². The topological polar surface area (TPSA) is 46.2 Å². The number of allylic oxidation sites excluding steroid dienone is 1. The van der Waals surface area contributed by atoms with Crippen LogP contribution in [0.25, 0.3) is 0 Å². The molecule has 0 spiro atoms. The largest absolute Gasteiger partial charge is 0.378 e. The van der Waals surface area contributed by atoms with E-state index in [-0.39, 0.29) is 23.6 Å². The standard InChI is InChI=1S/C14H15BFNO2/c1-8(10(3)18)9(2)14(19)7-17-11-4-5-12(15)13(16)6-11/h4-6,17H,7H2,1-3H3/b9-8-. The molecule has 0 aliphatic rings. The van der Waals surface area contributed by atoms with Gasteiger partial charge in [0.05, 0.1) is 6.54 Å². The molecule has 0 aromatic heterocycles. The highest BCUT2D eigenvalue weighted by molar-refractivity contribution is 6.32. The molecule has 1 N–H and O–H groups in total. The molecule has 0 unspecified atom stereocenters. The molecule has 0 atom stereocenters. The zero-order valence-corrected chi connectivity index (χ0v) is 11.2. The first-order valence-electron chi connectivity index (χ1n) is 5.83. The van der Waals surface area contributed by atoms with Gasteiger partial charge in [-0.3, -0.25) is 9.59 Å². The van der Waals surface area contributed by atoms with E-state index in [9.17, 15) is 14.0 Å². The van der Waals surface area contributed by atoms with Gasteiger partial charge in [-0.05, 0) is 38.5 Å². The molecule has 19 heavy (non-hydrogen) atoms. The number of hydrogen-bond acceptors (Lipinski definition) is 3. The number of Topliss-reactive ketones (excluding diaryl/α,β-unsaturated/α-hetero) is 2. The third-order valence-electron chi connectivity index (χ3n) is 2.96. The van der Waals surface area contributed by atoms with Crippen LogP contribution in [-0.4, -0.2) is 26.0 Å². The van der Waals surface area contributed by atoms with Gasteiger partial charge in [-0.15, -0.1) is 0 Å². The van der Waals surface area contributed by atoms with Crippen molar-refractivity contribution in [3.05, 3.63) is 35.2 Å². The van der Waals surface area contributed by atoms with Crippen LogP contribution in [0.5, 0.6) is 0 Å². The lowest BCUT2D eigenvalue weighted by Gasteiger charge is -2.08. The monoisotopic (exact) mass is 259 g/mol. The van der Waals surface area contributed by atoms with Gasteiger partial charge in [0.2, 0.25) is 0 Å². The van der Waals surface area contributed by atoms with Crippen molar-refractivity contribution in [2.75, 3.05) is 11.9 Å². The Bertz CT molecular complexity index is 552. The van der Waals surface area contributed by atoms with Gasteiger partial charge in [-0.2, -0.15) is 0 Å². The Morgan fingerprint density at radius 1 is 1.21 bits per heavy atom. The molecule has 2 radical (unpaired) electrons. The second-order valence-electron chi connectivity index (χ2n) is 4.32. The molecule has 1 aromatic carbocycles. The lowest BCUT2D eigenvalue weighted by atomic mass is 9.95. The quantitative estimate of drug-likeness (QED) is 0.644. The van der Waals surface area contributed by atoms with Gasteiger partial charge in [-0.25, -0.2) is 4.39 Å². The summed E-state index contributed by atoms with van der Waals surface area (Å²) >= 11 is 0. The molecule has 0 saturated heterocycles. The lowest BCUT2D eigenvalue weighted by Crippen LogP contribution is -2.17. The predicted octanol–water partition coefficient (Wildman–Crippen LogP) is 1.53. The van der Waals surface area contributed by atoms with Crippen molar-refractivity contribution in [3.63, 3.8) is 0 Å². The van der Waals surface area contributed by atoms with E-state index < -0.39 is 5.82 Å². The van der Waals surface area contributed by atoms with E-state index in [0.29, 0.717) is 16.8 Å². The summed E-state index contributed by atoms with van der Waals surface area (Å²) in [6.45, 7) is 4.62. The van der Waals surface area contributed by atoms with Crippen LogP contribution in [0, 0.1) is 5.82 Å². The van der Waals surface area contributed by atoms with E-state index in [0.717, 1.165) is 0 Å². The van der Waals surface area contributed by atoms with Crippen LogP contribution < -0.4 is 10.8 Å². The van der Waals surface area contributed by atoms with E-state index >= 15 is 0 Å². The molecule has 0 bridgehead atoms. The van der Waals surface area contributed by atoms with Crippen LogP contribution >= 0.6 is 0 Å². The highest BCUT2D eigenvalue weighted by Gasteiger charge is 2.10. The number of nitrogens with one attached hydrogen (secondary N) is 1. The molecular formula is C14H15BFNO2. The molecule has 0 aliphatic heterocycles. The summed E-state index contributed by atoms with van der Waals surface area (Å²) < 4.78 is 13.2. The van der Waals surface area contributed by atoms with Gasteiger partial charge >= 0.3 is 0 Å². The summed E-state index contributed by atoms with van der Waals surface area (Å²) in [6, 6.07) is 4.23. The SMILES string of the molecule is [B]c1ccc(NCC(=O)/C(C)=C(/C)C(C)=O)cc1F. The number of benzene rings is 1. The molecule has 1 rings (SSSR count). The van der Waals surface area contributed by atoms with Crippen molar-refractivity contribution in [1.29, 1.82) is 0 Å². The predicted molar refractivity (Wildman–Crippen MR) is 74.3 cm³/mol. The van der Waals surface area contributed by atoms with Crippen LogP contribution in [0.4, 0.5) is 10.1 Å². The van der Waals surface area contributed by atoms with Crippen molar-refractivity contribution < 1.29 is 14.0 Å². The first kappa shape index (κ1) is 15.2. The molecule has 0 fully saturated rings. The van der Waals surface area contributed by atoms with Crippen LogP contribution in [0.2, 0.25) is 0 Å². The van der Waals surface area contributed by atoms with Gasteiger partial charge in [0, 0.05) is 11.3 Å². The van der Waals surface area contributed by atoms with Crippen LogP contribution in [-0.2, 0) is 9.59 Å². The normalized spacial score (nSPS) is 11.8. The Morgan fingerprint density at radius 2 is 1.84 bits per heavy atom. The Kier molecular flexibility index (Phi) is 5.04. The summed E-state index contributed by atoms with van der Waals surface area (Å²) in [5, 5.41) is 2.80. The van der Waals surface area contributed by atoms with E-state index in [2.05, 4.69) is 5.32 Å². The second-order valence-corrected chi connectivity index (χ2v) is 4.32. The van der Waals surface area contributed by atoms with E-state index in [1.165, 1.54) is 19.1 Å². The zero-order valence-electron chi connectivity index (χ0n) is 11.2. The average molecular weight is 259 g/mol. The third-order valence-corrected chi connectivity index (χ3v) is 2.96. The summed E-state index contributed by atoms with van der Waals surface area (Å²) in [5.74, 6) is -0.876. The van der Waals surface area contributed by atoms with Crippen LogP contribution in [0.15, 0.2) is 29.3 Å². The van der Waals surface area contributed by atoms with Gasteiger partial charge < -0.3 is 5.32 Å². The highest BCUT2D eigenvalue weighted by atomic mass is 19.1. The Morgan fingerprint density at radius 3 is 2.37 bits per heavy atom. The maximum absolute atomic E-state index is 13.2. The number of rotatable bonds is 5. The van der Waals surface area contributed by atoms with E-state index in [1.807, 2.05) is 0 Å².